The van der Waals surface area contributed by atoms with E-state index in [0.29, 0.717) is 0 Å². The average molecular weight is 391 g/mol. The van der Waals surface area contributed by atoms with Crippen LogP contribution in [0.2, 0.25) is 0 Å². The van der Waals surface area contributed by atoms with Crippen molar-refractivity contribution in [3.63, 3.8) is 0 Å². The highest BCUT2D eigenvalue weighted by Crippen LogP contribution is 2.38. The third-order valence-corrected chi connectivity index (χ3v) is 5.93. The summed E-state index contributed by atoms with van der Waals surface area (Å²) >= 11 is 0. The number of fused-ring (bicyclic) bond motifs is 1. The zero-order chi connectivity index (χ0) is 20.2. The molecule has 1 aliphatic heterocycles. The van der Waals surface area contributed by atoms with Gasteiger partial charge in [0.05, 0.1) is 18.3 Å². The smallest absolute Gasteiger partial charge is 0.307 e. The second kappa shape index (κ2) is 8.60. The summed E-state index contributed by atoms with van der Waals surface area (Å²) in [5.74, 6) is -0.952. The van der Waals surface area contributed by atoms with E-state index in [4.69, 9.17) is 4.74 Å². The number of ether oxygens (including phenoxy) is 1. The van der Waals surface area contributed by atoms with Crippen LogP contribution in [-0.2, 0) is 25.7 Å². The van der Waals surface area contributed by atoms with Crippen LogP contribution in [0.1, 0.15) is 37.7 Å². The Morgan fingerprint density at radius 3 is 2.07 bits per heavy atom. The van der Waals surface area contributed by atoms with E-state index in [9.17, 15) is 14.4 Å². The van der Waals surface area contributed by atoms with Crippen LogP contribution in [0, 0.1) is 11.8 Å². The van der Waals surface area contributed by atoms with Gasteiger partial charge in [-0.1, -0.05) is 67.4 Å². The van der Waals surface area contributed by atoms with Crippen LogP contribution in [-0.4, -0.2) is 29.2 Å². The zero-order valence-corrected chi connectivity index (χ0v) is 16.4. The molecule has 1 saturated carbocycles. The molecule has 2 aromatic rings. The first-order valence-corrected chi connectivity index (χ1v) is 10.3. The molecule has 1 saturated heterocycles. The number of esters is 1. The van der Waals surface area contributed by atoms with Gasteiger partial charge < -0.3 is 4.74 Å². The van der Waals surface area contributed by atoms with Gasteiger partial charge in [-0.05, 0) is 29.5 Å². The van der Waals surface area contributed by atoms with Gasteiger partial charge >= 0.3 is 5.97 Å². The summed E-state index contributed by atoms with van der Waals surface area (Å²) in [4.78, 5) is 38.3. The van der Waals surface area contributed by atoms with Crippen LogP contribution in [0.4, 0.5) is 0 Å². The first-order chi connectivity index (χ1) is 14.1. The summed E-state index contributed by atoms with van der Waals surface area (Å²) < 4.78 is 5.33. The van der Waals surface area contributed by atoms with E-state index in [1.54, 1.807) is 0 Å². The molecule has 2 aliphatic rings. The lowest BCUT2D eigenvalue weighted by molar-refractivity contribution is -0.146. The van der Waals surface area contributed by atoms with E-state index in [1.807, 2.05) is 54.6 Å². The minimum Gasteiger partial charge on any atom is -0.461 e. The molecule has 1 aliphatic carbocycles. The molecule has 2 atom stereocenters. The lowest BCUT2D eigenvalue weighted by Gasteiger charge is -2.19. The molecular weight excluding hydrogens is 366 g/mol. The van der Waals surface area contributed by atoms with Crippen molar-refractivity contribution in [1.29, 1.82) is 0 Å². The summed E-state index contributed by atoms with van der Waals surface area (Å²) in [5.41, 5.74) is 3.14. The van der Waals surface area contributed by atoms with Gasteiger partial charge in [0.2, 0.25) is 11.8 Å². The number of hydrogen-bond acceptors (Lipinski definition) is 4. The van der Waals surface area contributed by atoms with Crippen molar-refractivity contribution in [2.45, 2.75) is 38.7 Å². The van der Waals surface area contributed by atoms with Crippen LogP contribution in [0.3, 0.4) is 0 Å². The van der Waals surface area contributed by atoms with Gasteiger partial charge in [-0.3, -0.25) is 19.3 Å². The van der Waals surface area contributed by atoms with Crippen molar-refractivity contribution in [1.82, 2.24) is 4.90 Å². The number of rotatable bonds is 6. The maximum atomic E-state index is 12.4. The van der Waals surface area contributed by atoms with E-state index >= 15 is 0 Å². The van der Waals surface area contributed by atoms with Gasteiger partial charge in [0, 0.05) is 6.54 Å². The topological polar surface area (TPSA) is 63.7 Å². The van der Waals surface area contributed by atoms with E-state index in [1.165, 1.54) is 4.90 Å². The van der Waals surface area contributed by atoms with Crippen molar-refractivity contribution in [3.8, 4) is 11.1 Å². The predicted molar refractivity (Wildman–Crippen MR) is 108 cm³/mol. The lowest BCUT2D eigenvalue weighted by atomic mass is 9.81. The molecule has 0 N–H and O–H groups in total. The van der Waals surface area contributed by atoms with Crippen molar-refractivity contribution in [3.05, 3.63) is 60.2 Å². The van der Waals surface area contributed by atoms with Gasteiger partial charge in [0.25, 0.3) is 0 Å². The van der Waals surface area contributed by atoms with Gasteiger partial charge in [-0.25, -0.2) is 0 Å². The Labute approximate surface area is 170 Å². The summed E-state index contributed by atoms with van der Waals surface area (Å²) in [6, 6.07) is 17.9. The minimum atomic E-state index is -0.396. The van der Waals surface area contributed by atoms with Crippen LogP contribution >= 0.6 is 0 Å². The quantitative estimate of drug-likeness (QED) is 0.552. The summed E-state index contributed by atoms with van der Waals surface area (Å²) in [6.45, 7) is 0.303. The standard InChI is InChI=1S/C24H25NO4/c26-22(14-15-25-23(27)20-8-4-5-9-21(20)24(25)28)29-16-17-10-12-19(13-11-17)18-6-2-1-3-7-18/h1-3,6-7,10-13,20-21H,4-5,8-9,14-16H2. The number of imide groups is 1. The minimum absolute atomic E-state index is 0.0407. The van der Waals surface area contributed by atoms with E-state index in [0.717, 1.165) is 42.4 Å². The fourth-order valence-corrected chi connectivity index (χ4v) is 4.31. The highest BCUT2D eigenvalue weighted by Gasteiger charge is 2.47. The van der Waals surface area contributed by atoms with Crippen molar-refractivity contribution >= 4 is 17.8 Å². The first-order valence-electron chi connectivity index (χ1n) is 10.3. The monoisotopic (exact) mass is 391 g/mol. The molecule has 2 unspecified atom stereocenters. The number of benzene rings is 2. The number of hydrogen-bond donors (Lipinski definition) is 0. The molecule has 5 heteroatoms. The highest BCUT2D eigenvalue weighted by molar-refractivity contribution is 6.05. The Balaban J connectivity index is 1.26. The Kier molecular flexibility index (Phi) is 5.74. The largest absolute Gasteiger partial charge is 0.461 e. The second-order valence-corrected chi connectivity index (χ2v) is 7.80. The first kappa shape index (κ1) is 19.4. The number of amides is 2. The molecule has 0 bridgehead atoms. The van der Waals surface area contributed by atoms with Crippen molar-refractivity contribution in [2.75, 3.05) is 6.54 Å². The van der Waals surface area contributed by atoms with Crippen molar-refractivity contribution in [2.24, 2.45) is 11.8 Å². The Morgan fingerprint density at radius 1 is 0.862 bits per heavy atom. The third-order valence-electron chi connectivity index (χ3n) is 5.93. The summed E-state index contributed by atoms with van der Waals surface area (Å²) in [5, 5.41) is 0. The zero-order valence-electron chi connectivity index (χ0n) is 16.4. The molecule has 4 rings (SSSR count). The normalized spacial score (nSPS) is 21.2. The molecule has 2 fully saturated rings. The van der Waals surface area contributed by atoms with E-state index in [2.05, 4.69) is 0 Å². The lowest BCUT2D eigenvalue weighted by Crippen LogP contribution is -2.33. The van der Waals surface area contributed by atoms with Gasteiger partial charge in [-0.15, -0.1) is 0 Å². The molecule has 5 nitrogen and oxygen atoms in total. The highest BCUT2D eigenvalue weighted by atomic mass is 16.5. The molecular formula is C24H25NO4. The SMILES string of the molecule is O=C(CCN1C(=O)C2CCCCC2C1=O)OCc1ccc(-c2ccccc2)cc1. The van der Waals surface area contributed by atoms with E-state index in [-0.39, 0.29) is 43.2 Å². The average Bonchev–Trinajstić information content (AvgIpc) is 3.02. The second-order valence-electron chi connectivity index (χ2n) is 7.80. The molecule has 150 valence electrons. The number of nitrogens with zero attached hydrogens (tertiary/aromatic N) is 1. The molecule has 0 spiro atoms. The molecule has 2 amide bonds. The van der Waals surface area contributed by atoms with Gasteiger partial charge in [0.15, 0.2) is 0 Å². The number of carbonyl (C=O) groups excluding carboxylic acids is 3. The summed E-state index contributed by atoms with van der Waals surface area (Å²) in [6.07, 6.45) is 3.61. The van der Waals surface area contributed by atoms with Crippen LogP contribution in [0.25, 0.3) is 11.1 Å². The Hall–Kier alpha value is -2.95. The van der Waals surface area contributed by atoms with Crippen LogP contribution in [0.5, 0.6) is 0 Å². The molecule has 29 heavy (non-hydrogen) atoms. The van der Waals surface area contributed by atoms with Crippen LogP contribution in [0.15, 0.2) is 54.6 Å². The third kappa shape index (κ3) is 4.24. The Morgan fingerprint density at radius 2 is 1.45 bits per heavy atom. The van der Waals surface area contributed by atoms with Gasteiger partial charge in [0.1, 0.15) is 6.61 Å². The fourth-order valence-electron chi connectivity index (χ4n) is 4.31. The number of likely N-dealkylation sites (tertiary alicyclic amines) is 1. The summed E-state index contributed by atoms with van der Waals surface area (Å²) in [7, 11) is 0. The molecule has 2 aromatic carbocycles. The predicted octanol–water partition coefficient (Wildman–Crippen LogP) is 3.96. The number of carbonyl (C=O) groups is 3. The maximum absolute atomic E-state index is 12.4. The molecule has 0 aromatic heterocycles. The van der Waals surface area contributed by atoms with Gasteiger partial charge in [-0.2, -0.15) is 0 Å². The van der Waals surface area contributed by atoms with Crippen LogP contribution < -0.4 is 0 Å². The molecule has 1 heterocycles. The van der Waals surface area contributed by atoms with E-state index < -0.39 is 5.97 Å². The molecule has 0 radical (unpaired) electrons. The Bertz CT molecular complexity index is 867. The fraction of sp³-hybridized carbons (Fsp3) is 0.375. The maximum Gasteiger partial charge on any atom is 0.307 e. The van der Waals surface area contributed by atoms with Crippen molar-refractivity contribution < 1.29 is 19.1 Å².